The lowest BCUT2D eigenvalue weighted by Gasteiger charge is -2.47. The summed E-state index contributed by atoms with van der Waals surface area (Å²) in [5.74, 6) is -6.10. The molecule has 3 heterocycles. The molecular formula is C47H77NO11. The quantitative estimate of drug-likeness (QED) is 0.101. The zero-order valence-electron chi connectivity index (χ0n) is 37.6. The molecule has 2 N–H and O–H groups in total. The minimum atomic E-state index is -2.47. The van der Waals surface area contributed by atoms with E-state index >= 15 is 0 Å². The van der Waals surface area contributed by atoms with Crippen LogP contribution in [-0.4, -0.2) is 115 Å². The molecule has 4 rings (SSSR count). The first kappa shape index (κ1) is 49.2. The number of aliphatic hydroxyl groups is 2. The lowest BCUT2D eigenvalue weighted by Crippen LogP contribution is -2.64. The molecular weight excluding hydrogens is 755 g/mol. The Morgan fingerprint density at radius 3 is 2.29 bits per heavy atom. The van der Waals surface area contributed by atoms with Gasteiger partial charge < -0.3 is 38.8 Å². The number of carbonyl (C=O) groups excluding carboxylic acids is 4. The van der Waals surface area contributed by atoms with E-state index in [1.54, 1.807) is 28.3 Å². The first-order chi connectivity index (χ1) is 28.1. The van der Waals surface area contributed by atoms with Crippen LogP contribution in [0.5, 0.6) is 0 Å². The van der Waals surface area contributed by atoms with Crippen molar-refractivity contribution < 1.29 is 53.1 Å². The highest BCUT2D eigenvalue weighted by Crippen LogP contribution is 2.39. The van der Waals surface area contributed by atoms with Crippen LogP contribution in [0, 0.1) is 29.6 Å². The number of hydrogen-bond donors (Lipinski definition) is 2. The molecule has 336 valence electrons. The second-order valence-electron chi connectivity index (χ2n) is 18.5. The van der Waals surface area contributed by atoms with Crippen LogP contribution in [0.4, 0.5) is 0 Å². The lowest BCUT2D eigenvalue weighted by atomic mass is 9.82. The van der Waals surface area contributed by atoms with Crippen molar-refractivity contribution in [2.24, 2.45) is 29.6 Å². The van der Waals surface area contributed by atoms with Crippen LogP contribution in [0.2, 0.25) is 0 Å². The van der Waals surface area contributed by atoms with Crippen molar-refractivity contribution in [3.8, 4) is 0 Å². The van der Waals surface area contributed by atoms with Gasteiger partial charge in [-0.1, -0.05) is 71.1 Å². The SMILES string of the molecule is CCCCCCC1C=C(C)CC(C)CC(OC)C2OC(O)(C(=O)C(=O)N3CCCCC3C(=O)OC(C(C)=CC3CCC(O)C(OC)C3)C(C)CCC1=O)C(C)CC2OC. The summed E-state index contributed by atoms with van der Waals surface area (Å²) in [6.07, 6.45) is 11.6. The molecule has 0 aromatic rings. The third-order valence-electron chi connectivity index (χ3n) is 13.7. The number of aliphatic hydroxyl groups excluding tert-OH is 1. The molecule has 12 nitrogen and oxygen atoms in total. The molecule has 0 radical (unpaired) electrons. The Balaban J connectivity index is 1.75. The predicted molar refractivity (Wildman–Crippen MR) is 225 cm³/mol. The number of cyclic esters (lactones) is 1. The van der Waals surface area contributed by atoms with E-state index in [-0.39, 0.29) is 48.5 Å². The number of unbranched alkanes of at least 4 members (excludes halogenated alkanes) is 3. The zero-order chi connectivity index (χ0) is 43.4. The average molecular weight is 832 g/mol. The summed E-state index contributed by atoms with van der Waals surface area (Å²) in [6.45, 7) is 12.1. The van der Waals surface area contributed by atoms with Gasteiger partial charge in [0, 0.05) is 46.1 Å². The van der Waals surface area contributed by atoms with Gasteiger partial charge in [-0.3, -0.25) is 14.4 Å². The Morgan fingerprint density at radius 1 is 0.915 bits per heavy atom. The Bertz CT molecular complexity index is 1460. The number of fused-ring (bicyclic) bond motifs is 3. The molecule has 0 spiro atoms. The van der Waals surface area contributed by atoms with E-state index in [1.165, 1.54) is 4.90 Å². The van der Waals surface area contributed by atoms with Gasteiger partial charge in [-0.2, -0.15) is 0 Å². The van der Waals surface area contributed by atoms with E-state index in [2.05, 4.69) is 32.9 Å². The molecule has 1 aliphatic carbocycles. The van der Waals surface area contributed by atoms with Gasteiger partial charge in [0.25, 0.3) is 11.7 Å². The van der Waals surface area contributed by atoms with Crippen molar-refractivity contribution in [1.82, 2.24) is 4.90 Å². The molecule has 2 bridgehead atoms. The monoisotopic (exact) mass is 832 g/mol. The normalized spacial score (nSPS) is 37.9. The minimum Gasteiger partial charge on any atom is -0.456 e. The number of ether oxygens (including phenoxy) is 5. The number of hydrogen-bond acceptors (Lipinski definition) is 11. The van der Waals surface area contributed by atoms with E-state index in [1.807, 2.05) is 13.8 Å². The number of Topliss-reactive ketones (excluding diaryl/α,β-unsaturated/α-hetero) is 2. The molecule has 59 heavy (non-hydrogen) atoms. The highest BCUT2D eigenvalue weighted by atomic mass is 16.7. The first-order valence-electron chi connectivity index (χ1n) is 22.7. The highest BCUT2D eigenvalue weighted by molar-refractivity contribution is 6.39. The van der Waals surface area contributed by atoms with Gasteiger partial charge in [-0.05, 0) is 108 Å². The second kappa shape index (κ2) is 23.1. The molecule has 0 aromatic heterocycles. The van der Waals surface area contributed by atoms with E-state index in [4.69, 9.17) is 23.7 Å². The fourth-order valence-electron chi connectivity index (χ4n) is 10.1. The van der Waals surface area contributed by atoms with Crippen LogP contribution in [-0.2, 0) is 42.9 Å². The number of methoxy groups -OCH3 is 3. The van der Waals surface area contributed by atoms with Crippen LogP contribution in [0.25, 0.3) is 0 Å². The van der Waals surface area contributed by atoms with Crippen LogP contribution in [0.15, 0.2) is 23.3 Å². The number of piperidine rings is 1. The maximum atomic E-state index is 14.4. The van der Waals surface area contributed by atoms with Crippen LogP contribution >= 0.6 is 0 Å². The first-order valence-corrected chi connectivity index (χ1v) is 22.7. The van der Waals surface area contributed by atoms with Crippen molar-refractivity contribution in [2.75, 3.05) is 27.9 Å². The summed E-state index contributed by atoms with van der Waals surface area (Å²) in [6, 6.07) is -1.04. The maximum absolute atomic E-state index is 14.4. The van der Waals surface area contributed by atoms with Gasteiger partial charge in [-0.25, -0.2) is 4.79 Å². The molecule has 13 atom stereocenters. The molecule has 3 aliphatic heterocycles. The zero-order valence-corrected chi connectivity index (χ0v) is 37.6. The molecule has 2 saturated heterocycles. The number of amides is 1. The number of allylic oxidation sites excluding steroid dienone is 3. The van der Waals surface area contributed by atoms with Crippen LogP contribution in [0.3, 0.4) is 0 Å². The van der Waals surface area contributed by atoms with Gasteiger partial charge in [0.2, 0.25) is 5.79 Å². The predicted octanol–water partition coefficient (Wildman–Crippen LogP) is 7.06. The van der Waals surface area contributed by atoms with Crippen molar-refractivity contribution in [2.45, 2.75) is 193 Å². The molecule has 12 heteroatoms. The molecule has 1 saturated carbocycles. The summed E-state index contributed by atoms with van der Waals surface area (Å²) < 4.78 is 30.1. The summed E-state index contributed by atoms with van der Waals surface area (Å²) in [5.41, 5.74) is 1.94. The van der Waals surface area contributed by atoms with Crippen molar-refractivity contribution >= 4 is 23.4 Å². The molecule has 3 fully saturated rings. The second-order valence-corrected chi connectivity index (χ2v) is 18.5. The molecule has 4 aliphatic rings. The van der Waals surface area contributed by atoms with Gasteiger partial charge in [0.15, 0.2) is 0 Å². The standard InChI is InChI=1S/C47H77NO11/c1-10-11-12-13-16-35-24-29(2)23-30(3)25-40(56-8)43-41(57-9)27-33(6)47(54,59-43)44(51)45(52)48-22-15-14-17-36(48)46(53)58-42(31(4)18-20-37(35)49)32(5)26-34-19-21-38(50)39(28-34)55-7/h24,26,30-31,33-36,38-43,50,54H,10-23,25,27-28H2,1-9H3. The average Bonchev–Trinajstić information content (AvgIpc) is 3.22. The Labute approximate surface area is 354 Å². The molecule has 13 unspecified atom stereocenters. The number of carbonyl (C=O) groups is 4. The van der Waals surface area contributed by atoms with E-state index < -0.39 is 65.9 Å². The van der Waals surface area contributed by atoms with E-state index in [0.717, 1.165) is 49.7 Å². The van der Waals surface area contributed by atoms with Gasteiger partial charge in [-0.15, -0.1) is 0 Å². The Hall–Kier alpha value is -2.48. The number of ketones is 2. The number of esters is 1. The van der Waals surface area contributed by atoms with Crippen molar-refractivity contribution in [1.29, 1.82) is 0 Å². The van der Waals surface area contributed by atoms with Crippen LogP contribution in [0.1, 0.15) is 144 Å². The third-order valence-corrected chi connectivity index (χ3v) is 13.7. The minimum absolute atomic E-state index is 0.0893. The van der Waals surface area contributed by atoms with Crippen molar-refractivity contribution in [3.05, 3.63) is 23.3 Å². The number of nitrogens with zero attached hydrogens (tertiary/aromatic N) is 1. The van der Waals surface area contributed by atoms with Crippen LogP contribution < -0.4 is 0 Å². The Morgan fingerprint density at radius 2 is 1.61 bits per heavy atom. The summed E-state index contributed by atoms with van der Waals surface area (Å²) in [7, 11) is 4.73. The van der Waals surface area contributed by atoms with E-state index in [9.17, 15) is 29.4 Å². The van der Waals surface area contributed by atoms with Gasteiger partial charge >= 0.3 is 5.97 Å². The third kappa shape index (κ3) is 12.8. The summed E-state index contributed by atoms with van der Waals surface area (Å²) in [5, 5.41) is 22.6. The molecule has 0 aromatic carbocycles. The topological polar surface area (TPSA) is 158 Å². The molecule has 1 amide bonds. The van der Waals surface area contributed by atoms with Gasteiger partial charge in [0.1, 0.15) is 24.0 Å². The van der Waals surface area contributed by atoms with E-state index in [0.29, 0.717) is 57.8 Å². The lowest BCUT2D eigenvalue weighted by molar-refractivity contribution is -0.302. The fourth-order valence-corrected chi connectivity index (χ4v) is 10.1. The smallest absolute Gasteiger partial charge is 0.329 e. The maximum Gasteiger partial charge on any atom is 0.329 e. The fraction of sp³-hybridized carbons (Fsp3) is 0.830. The summed E-state index contributed by atoms with van der Waals surface area (Å²) in [4.78, 5) is 58.3. The highest BCUT2D eigenvalue weighted by Gasteiger charge is 2.56. The summed E-state index contributed by atoms with van der Waals surface area (Å²) >= 11 is 0. The van der Waals surface area contributed by atoms with Crippen molar-refractivity contribution in [3.63, 3.8) is 0 Å². The number of rotatable bonds is 10. The van der Waals surface area contributed by atoms with Gasteiger partial charge in [0.05, 0.1) is 24.4 Å². The largest absolute Gasteiger partial charge is 0.456 e. The Kier molecular flexibility index (Phi) is 19.3.